The first-order chi connectivity index (χ1) is 9.75. The van der Waals surface area contributed by atoms with E-state index in [1.807, 2.05) is 6.92 Å². The summed E-state index contributed by atoms with van der Waals surface area (Å²) in [7, 11) is 1.40. The van der Waals surface area contributed by atoms with Crippen molar-refractivity contribution in [3.8, 4) is 10.4 Å². The Morgan fingerprint density at radius 3 is 2.24 bits per heavy atom. The van der Waals surface area contributed by atoms with Gasteiger partial charge in [0.1, 0.15) is 4.88 Å². The van der Waals surface area contributed by atoms with Gasteiger partial charge in [-0.1, -0.05) is 45.0 Å². The third-order valence-corrected chi connectivity index (χ3v) is 6.03. The number of ether oxygens (including phenoxy) is 1. The highest BCUT2D eigenvalue weighted by atomic mass is 79.9. The Bertz CT molecular complexity index is 663. The van der Waals surface area contributed by atoms with Gasteiger partial charge in [-0.3, -0.25) is 0 Å². The van der Waals surface area contributed by atoms with E-state index >= 15 is 0 Å². The highest BCUT2D eigenvalue weighted by Crippen LogP contribution is 2.40. The number of hydrogen-bond acceptors (Lipinski definition) is 3. The summed E-state index contributed by atoms with van der Waals surface area (Å²) >= 11 is 4.96. The Hall–Kier alpha value is -1.13. The van der Waals surface area contributed by atoms with Crippen LogP contribution >= 0.6 is 27.3 Å². The predicted octanol–water partition coefficient (Wildman–Crippen LogP) is 5.57. The number of methoxy groups -OCH3 is 1. The summed E-state index contributed by atoms with van der Waals surface area (Å²) in [4.78, 5) is 13.5. The van der Waals surface area contributed by atoms with E-state index in [9.17, 15) is 4.79 Å². The molecule has 0 amide bonds. The fourth-order valence-corrected chi connectivity index (χ4v) is 3.97. The maximum Gasteiger partial charge on any atom is 0.349 e. The number of thiophene rings is 1. The summed E-state index contributed by atoms with van der Waals surface area (Å²) in [6.07, 6.45) is 0. The molecule has 0 fully saturated rings. The van der Waals surface area contributed by atoms with Gasteiger partial charge in [-0.2, -0.15) is 0 Å². The number of hydrogen-bond donors (Lipinski definition) is 0. The molecule has 0 spiro atoms. The Morgan fingerprint density at radius 2 is 1.76 bits per heavy atom. The zero-order valence-electron chi connectivity index (χ0n) is 12.9. The number of carbonyl (C=O) groups is 1. The molecule has 21 heavy (non-hydrogen) atoms. The van der Waals surface area contributed by atoms with E-state index in [1.165, 1.54) is 24.0 Å². The minimum atomic E-state index is -0.299. The number of esters is 1. The lowest BCUT2D eigenvalue weighted by atomic mass is 9.86. The average Bonchev–Trinajstić information content (AvgIpc) is 2.74. The molecule has 0 aliphatic rings. The molecule has 0 unspecified atom stereocenters. The van der Waals surface area contributed by atoms with E-state index in [0.717, 1.165) is 20.5 Å². The van der Waals surface area contributed by atoms with Crippen LogP contribution in [0.4, 0.5) is 0 Å². The van der Waals surface area contributed by atoms with Crippen molar-refractivity contribution in [1.82, 2.24) is 0 Å². The zero-order valence-corrected chi connectivity index (χ0v) is 15.3. The summed E-state index contributed by atoms with van der Waals surface area (Å²) in [5.41, 5.74) is 3.64. The lowest BCUT2D eigenvalue weighted by Crippen LogP contribution is -2.10. The van der Waals surface area contributed by atoms with Gasteiger partial charge in [0.15, 0.2) is 0 Å². The maximum absolute atomic E-state index is 11.8. The van der Waals surface area contributed by atoms with E-state index in [4.69, 9.17) is 4.74 Å². The summed E-state index contributed by atoms with van der Waals surface area (Å²) in [6, 6.07) is 8.54. The zero-order chi connectivity index (χ0) is 15.8. The minimum absolute atomic E-state index is 0.140. The molecular formula is C17H19BrO2S. The molecule has 0 saturated carbocycles. The molecule has 0 N–H and O–H groups in total. The van der Waals surface area contributed by atoms with Crippen molar-refractivity contribution in [1.29, 1.82) is 0 Å². The minimum Gasteiger partial charge on any atom is -0.465 e. The second-order valence-electron chi connectivity index (χ2n) is 6.02. The van der Waals surface area contributed by atoms with Crippen molar-refractivity contribution >= 4 is 33.2 Å². The molecule has 0 bridgehead atoms. The van der Waals surface area contributed by atoms with E-state index in [-0.39, 0.29) is 11.4 Å². The van der Waals surface area contributed by atoms with E-state index in [0.29, 0.717) is 4.88 Å². The van der Waals surface area contributed by atoms with Gasteiger partial charge in [0, 0.05) is 9.35 Å². The first-order valence-corrected chi connectivity index (χ1v) is 8.34. The Labute approximate surface area is 138 Å². The van der Waals surface area contributed by atoms with Gasteiger partial charge in [0.2, 0.25) is 0 Å². The standard InChI is InChI=1S/C17H19BrO2S/c1-10-13(18)15(16(19)20-5)21-14(10)11-6-8-12(9-7-11)17(2,3)4/h6-9H,1-5H3. The van der Waals surface area contributed by atoms with Crippen molar-refractivity contribution in [3.63, 3.8) is 0 Å². The topological polar surface area (TPSA) is 26.3 Å². The fraction of sp³-hybridized carbons (Fsp3) is 0.353. The van der Waals surface area contributed by atoms with Crippen LogP contribution in [0.25, 0.3) is 10.4 Å². The van der Waals surface area contributed by atoms with Crippen LogP contribution in [0.2, 0.25) is 0 Å². The van der Waals surface area contributed by atoms with Crippen molar-refractivity contribution in [2.75, 3.05) is 7.11 Å². The molecule has 4 heteroatoms. The molecule has 0 atom stereocenters. The van der Waals surface area contributed by atoms with Gasteiger partial charge in [-0.15, -0.1) is 11.3 Å². The van der Waals surface area contributed by atoms with Gasteiger partial charge in [0.05, 0.1) is 7.11 Å². The van der Waals surface area contributed by atoms with Crippen LogP contribution in [-0.2, 0) is 10.2 Å². The largest absolute Gasteiger partial charge is 0.465 e. The molecule has 1 heterocycles. The molecule has 1 aromatic heterocycles. The number of carbonyl (C=O) groups excluding carboxylic acids is 1. The second kappa shape index (κ2) is 5.93. The number of halogens is 1. The quantitative estimate of drug-likeness (QED) is 0.649. The Morgan fingerprint density at radius 1 is 1.19 bits per heavy atom. The van der Waals surface area contributed by atoms with Crippen LogP contribution in [0.1, 0.15) is 41.6 Å². The lowest BCUT2D eigenvalue weighted by molar-refractivity contribution is 0.0605. The highest BCUT2D eigenvalue weighted by molar-refractivity contribution is 9.10. The summed E-state index contributed by atoms with van der Waals surface area (Å²) in [6.45, 7) is 8.61. The SMILES string of the molecule is COC(=O)c1sc(-c2ccc(C(C)(C)C)cc2)c(C)c1Br. The highest BCUT2D eigenvalue weighted by Gasteiger charge is 2.20. The second-order valence-corrected chi connectivity index (χ2v) is 7.83. The average molecular weight is 367 g/mol. The summed E-state index contributed by atoms with van der Waals surface area (Å²) < 4.78 is 5.65. The summed E-state index contributed by atoms with van der Waals surface area (Å²) in [5.74, 6) is -0.299. The van der Waals surface area contributed by atoms with Crippen LogP contribution in [-0.4, -0.2) is 13.1 Å². The predicted molar refractivity (Wildman–Crippen MR) is 92.2 cm³/mol. The molecule has 0 aliphatic heterocycles. The first kappa shape index (κ1) is 16.2. The first-order valence-electron chi connectivity index (χ1n) is 6.74. The van der Waals surface area contributed by atoms with Gasteiger partial charge < -0.3 is 4.74 Å². The van der Waals surface area contributed by atoms with Crippen LogP contribution in [0, 0.1) is 6.92 Å². The molecule has 2 rings (SSSR count). The molecule has 2 nitrogen and oxygen atoms in total. The van der Waals surface area contributed by atoms with Crippen LogP contribution in [0.15, 0.2) is 28.7 Å². The van der Waals surface area contributed by atoms with E-state index in [1.54, 1.807) is 0 Å². The van der Waals surface area contributed by atoms with Gasteiger partial charge in [-0.05, 0) is 45.0 Å². The molecular weight excluding hydrogens is 348 g/mol. The molecule has 2 aromatic rings. The van der Waals surface area contributed by atoms with Gasteiger partial charge in [-0.25, -0.2) is 4.79 Å². The monoisotopic (exact) mass is 366 g/mol. The van der Waals surface area contributed by atoms with E-state index < -0.39 is 0 Å². The van der Waals surface area contributed by atoms with Crippen LogP contribution in [0.5, 0.6) is 0 Å². The summed E-state index contributed by atoms with van der Waals surface area (Å²) in [5, 5.41) is 0. The molecule has 112 valence electrons. The van der Waals surface area contributed by atoms with E-state index in [2.05, 4.69) is 61.0 Å². The van der Waals surface area contributed by atoms with Gasteiger partial charge in [0.25, 0.3) is 0 Å². The molecule has 0 radical (unpaired) electrons. The van der Waals surface area contributed by atoms with Crippen LogP contribution < -0.4 is 0 Å². The Kier molecular flexibility index (Phi) is 4.59. The molecule has 0 saturated heterocycles. The van der Waals surface area contributed by atoms with Crippen molar-refractivity contribution < 1.29 is 9.53 Å². The maximum atomic E-state index is 11.8. The third-order valence-electron chi connectivity index (χ3n) is 3.46. The van der Waals surface area contributed by atoms with Crippen molar-refractivity contribution in [3.05, 3.63) is 44.7 Å². The third kappa shape index (κ3) is 3.22. The Balaban J connectivity index is 2.46. The van der Waals surface area contributed by atoms with Crippen LogP contribution in [0.3, 0.4) is 0 Å². The van der Waals surface area contributed by atoms with Gasteiger partial charge >= 0.3 is 5.97 Å². The lowest BCUT2D eigenvalue weighted by Gasteiger charge is -2.19. The smallest absolute Gasteiger partial charge is 0.349 e. The molecule has 0 aliphatic carbocycles. The number of rotatable bonds is 2. The fourth-order valence-electron chi connectivity index (χ4n) is 2.11. The molecule has 1 aromatic carbocycles. The van der Waals surface area contributed by atoms with Crippen molar-refractivity contribution in [2.24, 2.45) is 0 Å². The number of benzene rings is 1. The van der Waals surface area contributed by atoms with Crippen molar-refractivity contribution in [2.45, 2.75) is 33.1 Å². The normalized spacial score (nSPS) is 11.5.